The Balaban J connectivity index is 2.28. The summed E-state index contributed by atoms with van der Waals surface area (Å²) in [5.41, 5.74) is 0.406. The summed E-state index contributed by atoms with van der Waals surface area (Å²) in [5, 5.41) is 3.68. The van der Waals surface area contributed by atoms with E-state index in [-0.39, 0.29) is 0 Å². The molecule has 1 aliphatic rings. The van der Waals surface area contributed by atoms with E-state index in [2.05, 4.69) is 30.8 Å². The second kappa shape index (κ2) is 6.29. The highest BCUT2D eigenvalue weighted by Crippen LogP contribution is 2.23. The van der Waals surface area contributed by atoms with Gasteiger partial charge in [0.05, 0.1) is 0 Å². The summed E-state index contributed by atoms with van der Waals surface area (Å²) in [7, 11) is 2.24. The van der Waals surface area contributed by atoms with Crippen molar-refractivity contribution in [3.8, 4) is 0 Å². The molecule has 1 rings (SSSR count). The second-order valence-electron chi connectivity index (χ2n) is 4.83. The number of hydrogen-bond donors (Lipinski definition) is 1. The molecule has 0 aromatic carbocycles. The van der Waals surface area contributed by atoms with Gasteiger partial charge in [-0.15, -0.1) is 6.58 Å². The van der Waals surface area contributed by atoms with Crippen molar-refractivity contribution in [3.05, 3.63) is 12.7 Å². The molecule has 2 heteroatoms. The number of hydrogen-bond acceptors (Lipinski definition) is 2. The quantitative estimate of drug-likeness (QED) is 0.513. The molecule has 2 nitrogen and oxygen atoms in total. The second-order valence-corrected chi connectivity index (χ2v) is 4.83. The first kappa shape index (κ1) is 12.7. The van der Waals surface area contributed by atoms with Crippen LogP contribution < -0.4 is 5.32 Å². The number of rotatable bonds is 7. The zero-order valence-corrected chi connectivity index (χ0v) is 10.4. The lowest BCUT2D eigenvalue weighted by atomic mass is 9.93. The standard InChI is InChI=1S/C13H26N2/c1-4-6-7-11-15(3)12-13(5-2)9-8-10-14-13/h4,14H,1,5-12H2,2-3H3. The number of nitrogens with one attached hydrogen (secondary N) is 1. The van der Waals surface area contributed by atoms with E-state index in [4.69, 9.17) is 0 Å². The Kier molecular flexibility index (Phi) is 5.34. The minimum Gasteiger partial charge on any atom is -0.310 e. The third-order valence-corrected chi connectivity index (χ3v) is 3.53. The Bertz CT molecular complexity index is 183. The normalized spacial score (nSPS) is 26.1. The van der Waals surface area contributed by atoms with Crippen molar-refractivity contribution in [2.75, 3.05) is 26.7 Å². The fourth-order valence-electron chi connectivity index (χ4n) is 2.52. The molecule has 1 aliphatic heterocycles. The van der Waals surface area contributed by atoms with Gasteiger partial charge in [-0.2, -0.15) is 0 Å². The van der Waals surface area contributed by atoms with Crippen molar-refractivity contribution in [3.63, 3.8) is 0 Å². The Morgan fingerprint density at radius 2 is 2.33 bits per heavy atom. The molecule has 0 aromatic rings. The minimum atomic E-state index is 0.406. The highest BCUT2D eigenvalue weighted by molar-refractivity contribution is 4.93. The Labute approximate surface area is 94.7 Å². The maximum absolute atomic E-state index is 3.76. The van der Waals surface area contributed by atoms with Gasteiger partial charge >= 0.3 is 0 Å². The van der Waals surface area contributed by atoms with Gasteiger partial charge in [0.1, 0.15) is 0 Å². The Morgan fingerprint density at radius 3 is 2.87 bits per heavy atom. The fraction of sp³-hybridized carbons (Fsp3) is 0.846. The van der Waals surface area contributed by atoms with Crippen LogP contribution in [0.15, 0.2) is 12.7 Å². The first-order chi connectivity index (χ1) is 7.22. The van der Waals surface area contributed by atoms with Crippen LogP contribution in [-0.4, -0.2) is 37.1 Å². The van der Waals surface area contributed by atoms with Crippen LogP contribution >= 0.6 is 0 Å². The number of unbranched alkanes of at least 4 members (excludes halogenated alkanes) is 1. The lowest BCUT2D eigenvalue weighted by Gasteiger charge is -2.33. The molecule has 88 valence electrons. The fourth-order valence-corrected chi connectivity index (χ4v) is 2.52. The minimum absolute atomic E-state index is 0.406. The predicted molar refractivity (Wildman–Crippen MR) is 67.2 cm³/mol. The summed E-state index contributed by atoms with van der Waals surface area (Å²) in [6.07, 6.45) is 8.32. The van der Waals surface area contributed by atoms with Gasteiger partial charge in [-0.05, 0) is 52.2 Å². The molecule has 0 bridgehead atoms. The van der Waals surface area contributed by atoms with Gasteiger partial charge in [-0.3, -0.25) is 0 Å². The zero-order chi connectivity index (χ0) is 11.1. The van der Waals surface area contributed by atoms with Gasteiger partial charge in [0, 0.05) is 12.1 Å². The highest BCUT2D eigenvalue weighted by atomic mass is 15.2. The van der Waals surface area contributed by atoms with E-state index < -0.39 is 0 Å². The van der Waals surface area contributed by atoms with E-state index in [1.165, 1.54) is 45.3 Å². The van der Waals surface area contributed by atoms with Crippen molar-refractivity contribution in [1.82, 2.24) is 10.2 Å². The predicted octanol–water partition coefficient (Wildman–Crippen LogP) is 2.42. The van der Waals surface area contributed by atoms with Crippen LogP contribution in [0.5, 0.6) is 0 Å². The Morgan fingerprint density at radius 1 is 1.53 bits per heavy atom. The van der Waals surface area contributed by atoms with Gasteiger partial charge in [0.15, 0.2) is 0 Å². The van der Waals surface area contributed by atoms with Gasteiger partial charge in [-0.25, -0.2) is 0 Å². The van der Waals surface area contributed by atoms with Crippen molar-refractivity contribution < 1.29 is 0 Å². The third-order valence-electron chi connectivity index (χ3n) is 3.53. The summed E-state index contributed by atoms with van der Waals surface area (Å²) in [5.74, 6) is 0. The molecule has 1 saturated heterocycles. The SMILES string of the molecule is C=CCCCN(C)CC1(CC)CCCN1. The number of nitrogens with zero attached hydrogens (tertiary/aromatic N) is 1. The lowest BCUT2D eigenvalue weighted by molar-refractivity contribution is 0.218. The van der Waals surface area contributed by atoms with Gasteiger partial charge in [-0.1, -0.05) is 13.0 Å². The van der Waals surface area contributed by atoms with E-state index in [1.807, 2.05) is 6.08 Å². The monoisotopic (exact) mass is 210 g/mol. The van der Waals surface area contributed by atoms with E-state index in [1.54, 1.807) is 0 Å². The summed E-state index contributed by atoms with van der Waals surface area (Å²) in [6, 6.07) is 0. The topological polar surface area (TPSA) is 15.3 Å². The van der Waals surface area contributed by atoms with Crippen LogP contribution in [0.25, 0.3) is 0 Å². The van der Waals surface area contributed by atoms with Crippen LogP contribution in [0.4, 0.5) is 0 Å². The summed E-state index contributed by atoms with van der Waals surface area (Å²) in [4.78, 5) is 2.46. The van der Waals surface area contributed by atoms with Gasteiger partial charge < -0.3 is 10.2 Å². The molecular formula is C13H26N2. The molecule has 0 aliphatic carbocycles. The van der Waals surface area contributed by atoms with E-state index in [0.717, 1.165) is 6.42 Å². The first-order valence-corrected chi connectivity index (χ1v) is 6.27. The average molecular weight is 210 g/mol. The summed E-state index contributed by atoms with van der Waals surface area (Å²) >= 11 is 0. The van der Waals surface area contributed by atoms with Crippen LogP contribution in [0.3, 0.4) is 0 Å². The van der Waals surface area contributed by atoms with Crippen LogP contribution in [0.1, 0.15) is 39.0 Å². The molecular weight excluding hydrogens is 184 g/mol. The molecule has 1 unspecified atom stereocenters. The number of likely N-dealkylation sites (N-methyl/N-ethyl adjacent to an activating group) is 1. The summed E-state index contributed by atoms with van der Waals surface area (Å²) in [6.45, 7) is 9.65. The summed E-state index contributed by atoms with van der Waals surface area (Å²) < 4.78 is 0. The molecule has 1 fully saturated rings. The average Bonchev–Trinajstić information content (AvgIpc) is 2.67. The zero-order valence-electron chi connectivity index (χ0n) is 10.4. The Hall–Kier alpha value is -0.340. The number of allylic oxidation sites excluding steroid dienone is 1. The smallest absolute Gasteiger partial charge is 0.0306 e. The first-order valence-electron chi connectivity index (χ1n) is 6.27. The lowest BCUT2D eigenvalue weighted by Crippen LogP contribution is -2.48. The third kappa shape index (κ3) is 3.96. The molecule has 1 heterocycles. The van der Waals surface area contributed by atoms with Crippen LogP contribution in [0.2, 0.25) is 0 Å². The highest BCUT2D eigenvalue weighted by Gasteiger charge is 2.32. The van der Waals surface area contributed by atoms with E-state index in [9.17, 15) is 0 Å². The molecule has 0 spiro atoms. The maximum Gasteiger partial charge on any atom is 0.0306 e. The van der Waals surface area contributed by atoms with Crippen LogP contribution in [0, 0.1) is 0 Å². The van der Waals surface area contributed by atoms with E-state index >= 15 is 0 Å². The molecule has 1 N–H and O–H groups in total. The largest absolute Gasteiger partial charge is 0.310 e. The van der Waals surface area contributed by atoms with Crippen molar-refractivity contribution in [2.24, 2.45) is 0 Å². The molecule has 0 radical (unpaired) electrons. The van der Waals surface area contributed by atoms with Crippen molar-refractivity contribution in [2.45, 2.75) is 44.6 Å². The maximum atomic E-state index is 3.76. The molecule has 0 saturated carbocycles. The van der Waals surface area contributed by atoms with Crippen LogP contribution in [-0.2, 0) is 0 Å². The van der Waals surface area contributed by atoms with Crippen molar-refractivity contribution in [1.29, 1.82) is 0 Å². The van der Waals surface area contributed by atoms with Gasteiger partial charge in [0.2, 0.25) is 0 Å². The molecule has 15 heavy (non-hydrogen) atoms. The van der Waals surface area contributed by atoms with Gasteiger partial charge in [0.25, 0.3) is 0 Å². The molecule has 0 amide bonds. The van der Waals surface area contributed by atoms with Crippen molar-refractivity contribution >= 4 is 0 Å². The van der Waals surface area contributed by atoms with E-state index in [0.29, 0.717) is 5.54 Å². The molecule has 1 atom stereocenters. The molecule has 0 aromatic heterocycles.